The summed E-state index contributed by atoms with van der Waals surface area (Å²) in [7, 11) is -1.91. The Labute approximate surface area is 163 Å². The predicted octanol–water partition coefficient (Wildman–Crippen LogP) is 2.88. The van der Waals surface area contributed by atoms with Crippen LogP contribution < -0.4 is 14.2 Å². The molecule has 0 saturated carbocycles. The van der Waals surface area contributed by atoms with E-state index in [0.29, 0.717) is 0 Å². The van der Waals surface area contributed by atoms with Crippen LogP contribution >= 0.6 is 0 Å². The largest absolute Gasteiger partial charge is 0.609 e. The molecule has 138 valence electrons. The van der Waals surface area contributed by atoms with Crippen molar-refractivity contribution >= 4 is 22.2 Å². The van der Waals surface area contributed by atoms with Crippen LogP contribution in [0, 0.1) is 0 Å². The number of methoxy groups -OCH3 is 2. The van der Waals surface area contributed by atoms with E-state index in [1.807, 2.05) is 0 Å². The van der Waals surface area contributed by atoms with Gasteiger partial charge in [0.15, 0.2) is 18.6 Å². The molecule has 0 spiro atoms. The van der Waals surface area contributed by atoms with Crippen LogP contribution in [0.25, 0.3) is 11.0 Å². The molecular weight excluding hydrogens is 368 g/mol. The van der Waals surface area contributed by atoms with E-state index in [0.717, 1.165) is 7.11 Å². The third-order valence-corrected chi connectivity index (χ3v) is 4.17. The topological polar surface area (TPSA) is 92.3 Å². The van der Waals surface area contributed by atoms with Gasteiger partial charge in [-0.05, 0) is 12.1 Å². The molecule has 7 nitrogen and oxygen atoms in total. The van der Waals surface area contributed by atoms with Crippen LogP contribution in [0.15, 0.2) is 35.5 Å². The monoisotopic (exact) mass is 392 g/mol. The lowest BCUT2D eigenvalue weighted by molar-refractivity contribution is -0.0497. The summed E-state index contributed by atoms with van der Waals surface area (Å²) in [6.45, 7) is -4.49. The maximum absolute atomic E-state index is 13.0. The van der Waals surface area contributed by atoms with Gasteiger partial charge in [0.05, 0.1) is 36.1 Å². The highest BCUT2D eigenvalue weighted by Crippen LogP contribution is 2.31. The second-order valence-electron chi connectivity index (χ2n) is 4.55. The number of rotatable bonds is 7. The predicted molar refractivity (Wildman–Crippen MR) is 90.2 cm³/mol. The Balaban J connectivity index is 2.08. The summed E-state index contributed by atoms with van der Waals surface area (Å²) in [5, 5.41) is -0.404. The molecule has 1 aromatic carbocycles. The molecule has 3 aromatic rings. The first-order valence-corrected chi connectivity index (χ1v) is 8.03. The summed E-state index contributed by atoms with van der Waals surface area (Å²) >= 11 is -2.23. The van der Waals surface area contributed by atoms with Crippen molar-refractivity contribution in [2.75, 3.05) is 14.1 Å². The number of hydrogen-bond donors (Lipinski definition) is 1. The molecular formula is C16H15F2N3O4S. The Kier molecular flexibility index (Phi) is 2.96. The van der Waals surface area contributed by atoms with Gasteiger partial charge in [0.1, 0.15) is 11.4 Å². The third-order valence-electron chi connectivity index (χ3n) is 3.01. The van der Waals surface area contributed by atoms with E-state index in [4.69, 9.17) is 21.8 Å². The van der Waals surface area contributed by atoms with Crippen molar-refractivity contribution in [2.45, 2.75) is 17.5 Å². The van der Waals surface area contributed by atoms with E-state index in [1.165, 1.54) is 0 Å². The molecule has 1 unspecified atom stereocenters. The van der Waals surface area contributed by atoms with Gasteiger partial charge in [-0.15, -0.1) is 0 Å². The fourth-order valence-corrected chi connectivity index (χ4v) is 2.94. The van der Waals surface area contributed by atoms with Crippen LogP contribution in [-0.4, -0.2) is 40.2 Å². The molecule has 0 radical (unpaired) electrons. The van der Waals surface area contributed by atoms with Crippen LogP contribution in [0.3, 0.4) is 0 Å². The summed E-state index contributed by atoms with van der Waals surface area (Å²) < 4.78 is 121. The Morgan fingerprint density at radius 2 is 2.27 bits per heavy atom. The number of aromatic nitrogens is 3. The zero-order chi connectivity index (χ0) is 26.5. The molecule has 0 bridgehead atoms. The standard InChI is InChI=1S/C16H15F2N3O4S/c1-23-13-5-6-19-12(14(13)24-2)8-26(22)16-20-10-4-3-9(25-15(17)18)7-11(10)21-16/h3-7,15H,8H2,1-2H3,(H,20,21)/i2D3,3D,4D,5D,6D,7D,15D. The van der Waals surface area contributed by atoms with E-state index in [1.54, 1.807) is 0 Å². The Hall–Kier alpha value is -2.59. The number of nitrogens with zero attached hydrogens (tertiary/aromatic N) is 2. The highest BCUT2D eigenvalue weighted by molar-refractivity contribution is 7.90. The van der Waals surface area contributed by atoms with Crippen molar-refractivity contribution in [1.29, 1.82) is 0 Å². The number of fused-ring (bicyclic) bond motifs is 1. The summed E-state index contributed by atoms with van der Waals surface area (Å²) in [6.07, 6.45) is -0.629. The average Bonchev–Trinajstić information content (AvgIpc) is 3.18. The van der Waals surface area contributed by atoms with Crippen molar-refractivity contribution in [3.8, 4) is 17.2 Å². The van der Waals surface area contributed by atoms with Gasteiger partial charge in [-0.3, -0.25) is 9.97 Å². The first-order valence-electron chi connectivity index (χ1n) is 11.2. The van der Waals surface area contributed by atoms with E-state index >= 15 is 0 Å². The molecule has 1 atom stereocenters. The third kappa shape index (κ3) is 3.81. The number of nitrogens with one attached hydrogen (secondary N) is 1. The molecule has 0 aliphatic carbocycles. The minimum absolute atomic E-state index is 0.339. The lowest BCUT2D eigenvalue weighted by Gasteiger charge is -2.12. The van der Waals surface area contributed by atoms with E-state index in [2.05, 4.69) is 19.7 Å². The van der Waals surface area contributed by atoms with Crippen molar-refractivity contribution in [2.24, 2.45) is 0 Å². The van der Waals surface area contributed by atoms with Crippen LogP contribution in [0.2, 0.25) is 0 Å². The Morgan fingerprint density at radius 1 is 1.42 bits per heavy atom. The quantitative estimate of drug-likeness (QED) is 0.622. The molecule has 0 aliphatic heterocycles. The SMILES string of the molecule is [2H]c1nc(C[S+]([O-])c2nc3c([2H])c([2H])c(OC([2H])(F)F)c([2H])c3[nH]2)c(OC([2H])([2H])[2H])c(OC)c1[2H]. The van der Waals surface area contributed by atoms with E-state index in [9.17, 15) is 13.3 Å². The van der Waals surface area contributed by atoms with Gasteiger partial charge in [0.2, 0.25) is 0 Å². The maximum atomic E-state index is 13.0. The maximum Gasteiger partial charge on any atom is 0.387 e. The number of halogens is 2. The normalized spacial score (nSPS) is 18.2. The Bertz CT molecular complexity index is 1290. The van der Waals surface area contributed by atoms with Gasteiger partial charge in [-0.1, -0.05) is 0 Å². The van der Waals surface area contributed by atoms with E-state index < -0.39 is 83.3 Å². The molecule has 10 heteroatoms. The molecule has 2 heterocycles. The van der Waals surface area contributed by atoms with Gasteiger partial charge in [0, 0.05) is 29.4 Å². The van der Waals surface area contributed by atoms with Gasteiger partial charge in [0.25, 0.3) is 0 Å². The second-order valence-corrected chi connectivity index (χ2v) is 5.91. The zero-order valence-electron chi connectivity index (χ0n) is 21.9. The van der Waals surface area contributed by atoms with Gasteiger partial charge in [-0.2, -0.15) is 13.8 Å². The number of aromatic amines is 1. The number of ether oxygens (including phenoxy) is 3. The summed E-state index contributed by atoms with van der Waals surface area (Å²) in [4.78, 5) is 10.1. The van der Waals surface area contributed by atoms with Crippen LogP contribution in [-0.2, 0) is 16.9 Å². The minimum Gasteiger partial charge on any atom is -0.609 e. The van der Waals surface area contributed by atoms with E-state index in [-0.39, 0.29) is 16.7 Å². The van der Waals surface area contributed by atoms with Crippen molar-refractivity contribution in [3.63, 3.8) is 0 Å². The number of alkyl halides is 2. The van der Waals surface area contributed by atoms with Crippen LogP contribution in [0.1, 0.15) is 18.0 Å². The summed E-state index contributed by atoms with van der Waals surface area (Å²) in [6, 6.07) is -3.10. The molecule has 0 saturated heterocycles. The smallest absolute Gasteiger partial charge is 0.387 e. The number of benzene rings is 1. The number of H-pyrrole nitrogens is 1. The average molecular weight is 392 g/mol. The molecule has 0 fully saturated rings. The highest BCUT2D eigenvalue weighted by Gasteiger charge is 2.22. The second kappa shape index (κ2) is 7.75. The fourth-order valence-electron chi connectivity index (χ4n) is 1.95. The van der Waals surface area contributed by atoms with Crippen LogP contribution in [0.4, 0.5) is 8.78 Å². The number of imidazole rings is 1. The first kappa shape index (κ1) is 9.93. The van der Waals surface area contributed by atoms with Gasteiger partial charge >= 0.3 is 11.7 Å². The minimum atomic E-state index is -4.49. The first-order chi connectivity index (χ1) is 16.0. The van der Waals surface area contributed by atoms with Gasteiger partial charge < -0.3 is 18.8 Å². The number of hydrogen-bond acceptors (Lipinski definition) is 6. The molecule has 26 heavy (non-hydrogen) atoms. The molecule has 3 rings (SSSR count). The molecule has 2 aromatic heterocycles. The molecule has 1 N–H and O–H groups in total. The van der Waals surface area contributed by atoms with Crippen molar-refractivity contribution in [1.82, 2.24) is 15.0 Å². The summed E-state index contributed by atoms with van der Waals surface area (Å²) in [5.41, 5.74) is -1.08. The molecule has 0 amide bonds. The lowest BCUT2D eigenvalue weighted by Crippen LogP contribution is -2.10. The van der Waals surface area contributed by atoms with Gasteiger partial charge in [-0.25, -0.2) is 0 Å². The van der Waals surface area contributed by atoms with Crippen LogP contribution in [0.5, 0.6) is 17.2 Å². The fraction of sp³-hybridized carbons (Fsp3) is 0.250. The molecule has 0 aliphatic rings. The van der Waals surface area contributed by atoms with Crippen molar-refractivity contribution < 1.29 is 39.9 Å². The highest BCUT2D eigenvalue weighted by atomic mass is 32.2. The summed E-state index contributed by atoms with van der Waals surface area (Å²) in [5.74, 6) is -2.68. The lowest BCUT2D eigenvalue weighted by atomic mass is 10.3. The van der Waals surface area contributed by atoms with Crippen molar-refractivity contribution in [3.05, 3.63) is 36.0 Å². The Morgan fingerprint density at radius 3 is 3.00 bits per heavy atom. The number of pyridine rings is 1. The zero-order valence-corrected chi connectivity index (χ0v) is 13.7.